The number of piperidine rings is 1. The highest BCUT2D eigenvalue weighted by molar-refractivity contribution is 5.80. The lowest BCUT2D eigenvalue weighted by atomic mass is 9.90. The van der Waals surface area contributed by atoms with Gasteiger partial charge in [-0.05, 0) is 25.6 Å². The molecule has 1 aromatic carbocycles. The monoisotopic (exact) mass is 456 g/mol. The highest BCUT2D eigenvalue weighted by Crippen LogP contribution is 2.27. The van der Waals surface area contributed by atoms with Crippen LogP contribution in [0.2, 0.25) is 0 Å². The summed E-state index contributed by atoms with van der Waals surface area (Å²) in [6.45, 7) is 5.65. The molecule has 3 amide bonds. The Bertz CT molecular complexity index is 825. The number of carbonyl (C=O) groups is 3. The molecule has 8 heteroatoms. The van der Waals surface area contributed by atoms with Crippen molar-refractivity contribution in [3.05, 3.63) is 30.3 Å². The van der Waals surface area contributed by atoms with Crippen LogP contribution in [-0.4, -0.2) is 103 Å². The Hall–Kier alpha value is -2.61. The highest BCUT2D eigenvalue weighted by Gasteiger charge is 2.36. The van der Waals surface area contributed by atoms with E-state index in [-0.39, 0.29) is 29.7 Å². The van der Waals surface area contributed by atoms with Gasteiger partial charge in [0.25, 0.3) is 0 Å². The molecular weight excluding hydrogens is 420 g/mol. The van der Waals surface area contributed by atoms with Crippen molar-refractivity contribution >= 4 is 17.7 Å². The van der Waals surface area contributed by atoms with Crippen LogP contribution in [0.25, 0.3) is 0 Å². The van der Waals surface area contributed by atoms with Gasteiger partial charge in [0, 0.05) is 84.0 Å². The molecule has 4 rings (SSSR count). The molecule has 0 aliphatic carbocycles. The molecule has 3 heterocycles. The van der Waals surface area contributed by atoms with E-state index >= 15 is 0 Å². The lowest BCUT2D eigenvalue weighted by Gasteiger charge is -2.40. The standard InChI is InChI=1S/C25H36N4O4/c1-26-14-16-28(17-15-26)25(32)18-20-19-29(24(31)10-13-27-11-5-8-23(27)30)12-9-22(20)33-21-6-3-2-4-7-21/h2-4,6-7,20,22H,5,8-19H2,1H3/t20-,22-/m0/s1. The van der Waals surface area contributed by atoms with Crippen LogP contribution in [0.3, 0.4) is 0 Å². The summed E-state index contributed by atoms with van der Waals surface area (Å²) in [7, 11) is 2.08. The van der Waals surface area contributed by atoms with Gasteiger partial charge in [-0.2, -0.15) is 0 Å². The summed E-state index contributed by atoms with van der Waals surface area (Å²) in [5.41, 5.74) is 0. The average Bonchev–Trinajstić information content (AvgIpc) is 3.24. The molecule has 180 valence electrons. The van der Waals surface area contributed by atoms with Crippen molar-refractivity contribution in [3.8, 4) is 5.75 Å². The maximum absolute atomic E-state index is 13.1. The zero-order chi connectivity index (χ0) is 23.2. The first-order valence-electron chi connectivity index (χ1n) is 12.2. The maximum Gasteiger partial charge on any atom is 0.224 e. The van der Waals surface area contributed by atoms with Gasteiger partial charge < -0.3 is 24.3 Å². The molecule has 1 aromatic rings. The number of likely N-dealkylation sites (tertiary alicyclic amines) is 2. The van der Waals surface area contributed by atoms with Crippen molar-refractivity contribution in [2.45, 2.75) is 38.2 Å². The molecule has 3 saturated heterocycles. The van der Waals surface area contributed by atoms with Crippen LogP contribution in [0.5, 0.6) is 5.75 Å². The molecule has 0 N–H and O–H groups in total. The SMILES string of the molecule is CN1CCN(C(=O)C[C@H]2CN(C(=O)CCN3CCCC3=O)CC[C@@H]2Oc2ccccc2)CC1. The predicted octanol–water partition coefficient (Wildman–Crippen LogP) is 1.46. The zero-order valence-corrected chi connectivity index (χ0v) is 19.7. The van der Waals surface area contributed by atoms with E-state index in [4.69, 9.17) is 4.74 Å². The number of likely N-dealkylation sites (N-methyl/N-ethyl adjacent to an activating group) is 1. The van der Waals surface area contributed by atoms with Crippen LogP contribution in [0.4, 0.5) is 0 Å². The molecule has 0 saturated carbocycles. The maximum atomic E-state index is 13.1. The Morgan fingerprint density at radius 1 is 0.970 bits per heavy atom. The Morgan fingerprint density at radius 3 is 2.42 bits per heavy atom. The Balaban J connectivity index is 1.37. The van der Waals surface area contributed by atoms with Gasteiger partial charge in [-0.3, -0.25) is 14.4 Å². The summed E-state index contributed by atoms with van der Waals surface area (Å²) >= 11 is 0. The van der Waals surface area contributed by atoms with Gasteiger partial charge in [0.1, 0.15) is 11.9 Å². The van der Waals surface area contributed by atoms with E-state index in [0.29, 0.717) is 45.3 Å². The van der Waals surface area contributed by atoms with Gasteiger partial charge in [-0.25, -0.2) is 0 Å². The van der Waals surface area contributed by atoms with Crippen LogP contribution >= 0.6 is 0 Å². The number of piperazine rings is 1. The number of hydrogen-bond donors (Lipinski definition) is 0. The van der Waals surface area contributed by atoms with E-state index in [1.54, 1.807) is 4.90 Å². The number of hydrogen-bond acceptors (Lipinski definition) is 5. The molecule has 3 fully saturated rings. The second-order valence-corrected chi connectivity index (χ2v) is 9.48. The normalized spacial score (nSPS) is 24.3. The number of para-hydroxylation sites is 1. The first kappa shape index (κ1) is 23.5. The molecule has 8 nitrogen and oxygen atoms in total. The Labute approximate surface area is 196 Å². The van der Waals surface area contributed by atoms with E-state index < -0.39 is 0 Å². The van der Waals surface area contributed by atoms with E-state index in [9.17, 15) is 14.4 Å². The average molecular weight is 457 g/mol. The third-order valence-corrected chi connectivity index (χ3v) is 7.11. The van der Waals surface area contributed by atoms with Crippen LogP contribution in [0.15, 0.2) is 30.3 Å². The lowest BCUT2D eigenvalue weighted by molar-refractivity contribution is -0.140. The molecule has 0 unspecified atom stereocenters. The number of nitrogens with zero attached hydrogens (tertiary/aromatic N) is 4. The summed E-state index contributed by atoms with van der Waals surface area (Å²) in [5.74, 6) is 1.10. The van der Waals surface area contributed by atoms with Crippen molar-refractivity contribution in [1.29, 1.82) is 0 Å². The number of benzene rings is 1. The Morgan fingerprint density at radius 2 is 1.73 bits per heavy atom. The summed E-state index contributed by atoms with van der Waals surface area (Å²) in [4.78, 5) is 45.7. The fourth-order valence-electron chi connectivity index (χ4n) is 5.00. The third-order valence-electron chi connectivity index (χ3n) is 7.11. The third kappa shape index (κ3) is 6.25. The minimum Gasteiger partial charge on any atom is -0.490 e. The van der Waals surface area contributed by atoms with E-state index in [1.807, 2.05) is 40.1 Å². The number of carbonyl (C=O) groups excluding carboxylic acids is 3. The molecule has 0 bridgehead atoms. The lowest BCUT2D eigenvalue weighted by Crippen LogP contribution is -2.52. The van der Waals surface area contributed by atoms with Gasteiger partial charge in [-0.1, -0.05) is 18.2 Å². The second-order valence-electron chi connectivity index (χ2n) is 9.48. The summed E-state index contributed by atoms with van der Waals surface area (Å²) in [5, 5.41) is 0. The minimum atomic E-state index is -0.104. The molecular formula is C25H36N4O4. The van der Waals surface area contributed by atoms with E-state index in [0.717, 1.165) is 44.9 Å². The predicted molar refractivity (Wildman–Crippen MR) is 125 cm³/mol. The van der Waals surface area contributed by atoms with Crippen LogP contribution in [0, 0.1) is 5.92 Å². The summed E-state index contributed by atoms with van der Waals surface area (Å²) in [6.07, 6.45) is 2.79. The second kappa shape index (κ2) is 11.0. The number of rotatable bonds is 7. The van der Waals surface area contributed by atoms with Gasteiger partial charge in [0.15, 0.2) is 0 Å². The van der Waals surface area contributed by atoms with E-state index in [2.05, 4.69) is 11.9 Å². The van der Waals surface area contributed by atoms with Crippen molar-refractivity contribution < 1.29 is 19.1 Å². The van der Waals surface area contributed by atoms with Gasteiger partial charge >= 0.3 is 0 Å². The molecule has 2 atom stereocenters. The van der Waals surface area contributed by atoms with Crippen molar-refractivity contribution in [2.24, 2.45) is 5.92 Å². The fraction of sp³-hybridized carbons (Fsp3) is 0.640. The van der Waals surface area contributed by atoms with Gasteiger partial charge in [0.05, 0.1) is 0 Å². The largest absolute Gasteiger partial charge is 0.490 e. The Kier molecular flexibility index (Phi) is 7.85. The first-order valence-corrected chi connectivity index (χ1v) is 12.2. The van der Waals surface area contributed by atoms with Gasteiger partial charge in [0.2, 0.25) is 17.7 Å². The smallest absolute Gasteiger partial charge is 0.224 e. The van der Waals surface area contributed by atoms with Crippen LogP contribution in [-0.2, 0) is 14.4 Å². The van der Waals surface area contributed by atoms with E-state index in [1.165, 1.54) is 0 Å². The highest BCUT2D eigenvalue weighted by atomic mass is 16.5. The van der Waals surface area contributed by atoms with Crippen LogP contribution in [0.1, 0.15) is 32.1 Å². The molecule has 0 spiro atoms. The molecule has 3 aliphatic rings. The zero-order valence-electron chi connectivity index (χ0n) is 19.7. The van der Waals surface area contributed by atoms with Crippen molar-refractivity contribution in [1.82, 2.24) is 19.6 Å². The molecule has 3 aliphatic heterocycles. The van der Waals surface area contributed by atoms with Crippen LogP contribution < -0.4 is 4.74 Å². The first-order chi connectivity index (χ1) is 16.0. The number of amides is 3. The van der Waals surface area contributed by atoms with Gasteiger partial charge in [-0.15, -0.1) is 0 Å². The molecule has 33 heavy (non-hydrogen) atoms. The topological polar surface area (TPSA) is 73.4 Å². The van der Waals surface area contributed by atoms with Crippen molar-refractivity contribution in [2.75, 3.05) is 59.4 Å². The molecule has 0 radical (unpaired) electrons. The molecule has 0 aromatic heterocycles. The summed E-state index contributed by atoms with van der Waals surface area (Å²) < 4.78 is 6.29. The number of ether oxygens (including phenoxy) is 1. The van der Waals surface area contributed by atoms with Crippen molar-refractivity contribution in [3.63, 3.8) is 0 Å². The quantitative estimate of drug-likeness (QED) is 0.621. The summed E-state index contributed by atoms with van der Waals surface area (Å²) in [6, 6.07) is 9.71. The fourth-order valence-corrected chi connectivity index (χ4v) is 5.00. The minimum absolute atomic E-state index is 0.0523.